The van der Waals surface area contributed by atoms with E-state index >= 15 is 0 Å². The summed E-state index contributed by atoms with van der Waals surface area (Å²) in [5.74, 6) is 1.57. The van der Waals surface area contributed by atoms with Crippen LogP contribution in [0.15, 0.2) is 76.3 Å². The Morgan fingerprint density at radius 3 is 2.24 bits per heavy atom. The molecule has 208 valence electrons. The van der Waals surface area contributed by atoms with Gasteiger partial charge < -0.3 is 11.1 Å². The van der Waals surface area contributed by atoms with E-state index in [1.807, 2.05) is 59.8 Å². The summed E-state index contributed by atoms with van der Waals surface area (Å²) in [5.41, 5.74) is 9.74. The number of halogens is 1. The molecule has 2 fully saturated rings. The van der Waals surface area contributed by atoms with Gasteiger partial charge in [0.15, 0.2) is 0 Å². The topological polar surface area (TPSA) is 63.3 Å². The van der Waals surface area contributed by atoms with Crippen molar-refractivity contribution in [2.45, 2.75) is 112 Å². The summed E-state index contributed by atoms with van der Waals surface area (Å²) in [5, 5.41) is 4.19. The SMILES string of the molecule is C=C(/N=C(C(/C=C\C)=C(/C)CC1CC1)\C(Cl)=C/C)NC1CCCCC1.CC.CC.NCc1cccnc1. The van der Waals surface area contributed by atoms with Gasteiger partial charge in [0.2, 0.25) is 0 Å². The smallest absolute Gasteiger partial charge is 0.119 e. The number of rotatable bonds is 9. The highest BCUT2D eigenvalue weighted by Gasteiger charge is 2.23. The molecule has 0 unspecified atom stereocenters. The summed E-state index contributed by atoms with van der Waals surface area (Å²) in [6.07, 6.45) is 19.8. The fraction of sp³-hybridized carbons (Fsp3) is 0.562. The standard InChI is InChI=1S/C22H33ClN2.C6H8N2.2C2H6/c1-5-10-20(16(3)15-18-13-14-18)22(21(23)6-2)25-17(4)24-19-11-8-7-9-12-19;7-4-6-2-1-3-8-5-6;2*1-2/h5-6,10,18-19,24H,4,7-9,11-15H2,1-3H3;1-3,5H,4,7H2;2*1-2H3/b10-5-,20-16-,21-6+,25-22-;;;. The maximum Gasteiger partial charge on any atom is 0.119 e. The van der Waals surface area contributed by atoms with Crippen LogP contribution in [0.4, 0.5) is 0 Å². The zero-order valence-corrected chi connectivity index (χ0v) is 25.4. The number of nitrogens with zero attached hydrogens (tertiary/aromatic N) is 2. The Labute approximate surface area is 233 Å². The van der Waals surface area contributed by atoms with Gasteiger partial charge in [0.05, 0.1) is 10.7 Å². The van der Waals surface area contributed by atoms with Crippen molar-refractivity contribution >= 4 is 17.3 Å². The largest absolute Gasteiger partial charge is 0.368 e. The molecule has 0 spiro atoms. The molecule has 0 aliphatic heterocycles. The van der Waals surface area contributed by atoms with E-state index in [-0.39, 0.29) is 0 Å². The number of nitrogens with two attached hydrogens (primary N) is 1. The Morgan fingerprint density at radius 2 is 1.78 bits per heavy atom. The molecule has 3 N–H and O–H groups in total. The van der Waals surface area contributed by atoms with Gasteiger partial charge in [0.25, 0.3) is 0 Å². The first-order chi connectivity index (χ1) is 18.0. The molecule has 0 atom stereocenters. The van der Waals surface area contributed by atoms with Gasteiger partial charge in [0.1, 0.15) is 5.82 Å². The minimum absolute atomic E-state index is 0.498. The Kier molecular flexibility index (Phi) is 20.6. The van der Waals surface area contributed by atoms with Crippen LogP contribution < -0.4 is 11.1 Å². The molecule has 0 saturated heterocycles. The molecule has 1 heterocycles. The number of aromatic nitrogens is 1. The monoisotopic (exact) mass is 528 g/mol. The van der Waals surface area contributed by atoms with E-state index in [4.69, 9.17) is 22.3 Å². The fourth-order valence-electron chi connectivity index (χ4n) is 4.00. The zero-order chi connectivity index (χ0) is 28.1. The third-order valence-corrected chi connectivity index (χ3v) is 6.40. The van der Waals surface area contributed by atoms with E-state index in [1.54, 1.807) is 12.4 Å². The molecule has 2 aliphatic rings. The fourth-order valence-corrected chi connectivity index (χ4v) is 4.15. The average Bonchev–Trinajstić information content (AvgIpc) is 3.77. The van der Waals surface area contributed by atoms with E-state index in [0.717, 1.165) is 35.0 Å². The normalized spacial score (nSPS) is 16.8. The molecule has 1 aromatic heterocycles. The molecule has 0 aromatic carbocycles. The van der Waals surface area contributed by atoms with E-state index in [1.165, 1.54) is 50.5 Å². The average molecular weight is 529 g/mol. The van der Waals surface area contributed by atoms with E-state index in [9.17, 15) is 0 Å². The van der Waals surface area contributed by atoms with Crippen molar-refractivity contribution in [3.05, 3.63) is 76.9 Å². The molecule has 0 amide bonds. The summed E-state index contributed by atoms with van der Waals surface area (Å²) < 4.78 is 0. The van der Waals surface area contributed by atoms with E-state index in [2.05, 4.69) is 36.0 Å². The Balaban J connectivity index is 0.000000900. The number of pyridine rings is 1. The maximum absolute atomic E-state index is 6.54. The van der Waals surface area contributed by atoms with Gasteiger partial charge in [-0.2, -0.15) is 0 Å². The van der Waals surface area contributed by atoms with Gasteiger partial charge in [0, 0.05) is 30.6 Å². The first kappa shape index (κ1) is 34.8. The molecule has 1 aromatic rings. The summed E-state index contributed by atoms with van der Waals surface area (Å²) in [6, 6.07) is 4.33. The molecule has 2 aliphatic carbocycles. The van der Waals surface area contributed by atoms with Gasteiger partial charge in [-0.25, -0.2) is 4.99 Å². The van der Waals surface area contributed by atoms with Crippen LogP contribution in [-0.2, 0) is 6.54 Å². The molecule has 2 saturated carbocycles. The number of hydrogen-bond acceptors (Lipinski definition) is 4. The minimum atomic E-state index is 0.498. The van der Waals surface area contributed by atoms with Crippen LogP contribution in [0.5, 0.6) is 0 Å². The highest BCUT2D eigenvalue weighted by Crippen LogP contribution is 2.36. The first-order valence-corrected chi connectivity index (χ1v) is 14.6. The van der Waals surface area contributed by atoms with Crippen LogP contribution in [0, 0.1) is 5.92 Å². The van der Waals surface area contributed by atoms with Crippen molar-refractivity contribution in [1.82, 2.24) is 10.3 Å². The van der Waals surface area contributed by atoms with Crippen LogP contribution in [-0.4, -0.2) is 16.7 Å². The second-order valence-electron chi connectivity index (χ2n) is 8.93. The summed E-state index contributed by atoms with van der Waals surface area (Å²) in [4.78, 5) is 8.69. The Bertz CT molecular complexity index is 858. The van der Waals surface area contributed by atoms with Crippen molar-refractivity contribution in [2.24, 2.45) is 16.6 Å². The molecule has 0 bridgehead atoms. The van der Waals surface area contributed by atoms with Crippen LogP contribution in [0.25, 0.3) is 0 Å². The third kappa shape index (κ3) is 15.0. The summed E-state index contributed by atoms with van der Waals surface area (Å²) in [7, 11) is 0. The molecule has 0 radical (unpaired) electrons. The second kappa shape index (κ2) is 21.9. The van der Waals surface area contributed by atoms with Crippen LogP contribution in [0.1, 0.15) is 105 Å². The van der Waals surface area contributed by atoms with E-state index < -0.39 is 0 Å². The Hall–Kier alpha value is -2.17. The number of aliphatic imine (C=N–C) groups is 1. The number of hydrogen-bond donors (Lipinski definition) is 2. The molecular formula is C32H53ClN4. The first-order valence-electron chi connectivity index (χ1n) is 14.3. The van der Waals surface area contributed by atoms with Crippen molar-refractivity contribution in [1.29, 1.82) is 0 Å². The lowest BCUT2D eigenvalue weighted by Gasteiger charge is -2.24. The van der Waals surface area contributed by atoms with Crippen molar-refractivity contribution in [2.75, 3.05) is 0 Å². The lowest BCUT2D eigenvalue weighted by molar-refractivity contribution is 0.396. The summed E-state index contributed by atoms with van der Waals surface area (Å²) in [6.45, 7) is 18.9. The van der Waals surface area contributed by atoms with Gasteiger partial charge in [-0.15, -0.1) is 0 Å². The Morgan fingerprint density at radius 1 is 1.14 bits per heavy atom. The highest BCUT2D eigenvalue weighted by atomic mass is 35.5. The molecule has 5 heteroatoms. The lowest BCUT2D eigenvalue weighted by Crippen LogP contribution is -2.29. The summed E-state index contributed by atoms with van der Waals surface area (Å²) >= 11 is 6.54. The molecule has 3 rings (SSSR count). The van der Waals surface area contributed by atoms with E-state index in [0.29, 0.717) is 17.6 Å². The molecular weight excluding hydrogens is 476 g/mol. The van der Waals surface area contributed by atoms with Crippen LogP contribution in [0.3, 0.4) is 0 Å². The quantitative estimate of drug-likeness (QED) is 0.248. The third-order valence-electron chi connectivity index (χ3n) is 6.00. The van der Waals surface area contributed by atoms with Crippen molar-refractivity contribution in [3.63, 3.8) is 0 Å². The lowest BCUT2D eigenvalue weighted by atomic mass is 9.95. The van der Waals surface area contributed by atoms with Gasteiger partial charge in [-0.1, -0.05) is 95.0 Å². The molecule has 4 nitrogen and oxygen atoms in total. The minimum Gasteiger partial charge on any atom is -0.368 e. The van der Waals surface area contributed by atoms with Gasteiger partial charge in [-0.3, -0.25) is 4.98 Å². The van der Waals surface area contributed by atoms with Crippen LogP contribution >= 0.6 is 11.6 Å². The molecule has 37 heavy (non-hydrogen) atoms. The maximum atomic E-state index is 6.54. The number of nitrogens with one attached hydrogen (secondary N) is 1. The van der Waals surface area contributed by atoms with Gasteiger partial charge >= 0.3 is 0 Å². The predicted molar refractivity (Wildman–Crippen MR) is 166 cm³/mol. The number of allylic oxidation sites excluding steroid dienone is 6. The highest BCUT2D eigenvalue weighted by molar-refractivity contribution is 6.46. The predicted octanol–water partition coefficient (Wildman–Crippen LogP) is 9.25. The van der Waals surface area contributed by atoms with Crippen molar-refractivity contribution in [3.8, 4) is 0 Å². The van der Waals surface area contributed by atoms with Gasteiger partial charge in [-0.05, 0) is 70.4 Å². The van der Waals surface area contributed by atoms with Crippen LogP contribution in [0.2, 0.25) is 0 Å². The zero-order valence-electron chi connectivity index (χ0n) is 24.6. The second-order valence-corrected chi connectivity index (χ2v) is 9.34. The van der Waals surface area contributed by atoms with Crippen molar-refractivity contribution < 1.29 is 0 Å².